The molecule has 1 N–H and O–H groups in total. The average Bonchev–Trinajstić information content (AvgIpc) is 2.24. The number of azide groups is 1. The maximum atomic E-state index is 10.5. The number of aryl methyl sites for hydroxylation is 2. The summed E-state index contributed by atoms with van der Waals surface area (Å²) in [6.45, 7) is 3.92. The molecule has 1 aromatic carbocycles. The summed E-state index contributed by atoms with van der Waals surface area (Å²) >= 11 is 0. The summed E-state index contributed by atoms with van der Waals surface area (Å²) in [4.78, 5) is 13.3. The molecule has 0 bridgehead atoms. The Hall–Kier alpha value is -2.00. The van der Waals surface area contributed by atoms with Crippen molar-refractivity contribution < 1.29 is 9.90 Å². The molecule has 90 valence electrons. The number of carboxylic acid groups (broad SMARTS) is 1. The lowest BCUT2D eigenvalue weighted by molar-refractivity contribution is -0.137. The fourth-order valence-electron chi connectivity index (χ4n) is 1.80. The Balaban J connectivity index is 2.96. The Morgan fingerprint density at radius 1 is 1.53 bits per heavy atom. The monoisotopic (exact) mass is 233 g/mol. The first-order valence-corrected chi connectivity index (χ1v) is 5.37. The van der Waals surface area contributed by atoms with E-state index in [-0.39, 0.29) is 6.42 Å². The standard InChI is InChI=1S/C12H15N3O2/c1-8-3-4-10(9(2)7-8)11(14-15-13)5-6-12(16)17/h3-4,7,11H,5-6H2,1-2H3,(H,16,17). The molecule has 1 rings (SSSR count). The van der Waals surface area contributed by atoms with Crippen LogP contribution in [-0.4, -0.2) is 11.1 Å². The molecule has 0 amide bonds. The van der Waals surface area contributed by atoms with Crippen molar-refractivity contribution in [2.24, 2.45) is 5.11 Å². The highest BCUT2D eigenvalue weighted by molar-refractivity contribution is 5.66. The van der Waals surface area contributed by atoms with Gasteiger partial charge in [-0.15, -0.1) is 0 Å². The van der Waals surface area contributed by atoms with Gasteiger partial charge in [0.15, 0.2) is 0 Å². The van der Waals surface area contributed by atoms with E-state index < -0.39 is 12.0 Å². The van der Waals surface area contributed by atoms with Gasteiger partial charge in [-0.1, -0.05) is 28.9 Å². The van der Waals surface area contributed by atoms with Crippen molar-refractivity contribution in [1.82, 2.24) is 0 Å². The predicted octanol–water partition coefficient (Wildman–Crippen LogP) is 3.52. The van der Waals surface area contributed by atoms with Crippen LogP contribution in [0.25, 0.3) is 10.4 Å². The average molecular weight is 233 g/mol. The Morgan fingerprint density at radius 2 is 2.24 bits per heavy atom. The van der Waals surface area contributed by atoms with Gasteiger partial charge in [-0.3, -0.25) is 4.79 Å². The molecule has 0 saturated carbocycles. The van der Waals surface area contributed by atoms with Gasteiger partial charge in [-0.25, -0.2) is 0 Å². The van der Waals surface area contributed by atoms with Crippen molar-refractivity contribution in [3.8, 4) is 0 Å². The minimum Gasteiger partial charge on any atom is -0.481 e. The molecule has 17 heavy (non-hydrogen) atoms. The lowest BCUT2D eigenvalue weighted by atomic mass is 9.97. The molecule has 0 aliphatic carbocycles. The second-order valence-electron chi connectivity index (χ2n) is 4.01. The van der Waals surface area contributed by atoms with Crippen LogP contribution in [0.15, 0.2) is 23.3 Å². The Morgan fingerprint density at radius 3 is 2.76 bits per heavy atom. The highest BCUT2D eigenvalue weighted by atomic mass is 16.4. The van der Waals surface area contributed by atoms with Crippen LogP contribution in [-0.2, 0) is 4.79 Å². The zero-order valence-electron chi connectivity index (χ0n) is 9.92. The Kier molecular flexibility index (Phi) is 4.55. The lowest BCUT2D eigenvalue weighted by Gasteiger charge is -2.13. The number of carboxylic acids is 1. The minimum absolute atomic E-state index is 0.00297. The molecule has 0 spiro atoms. The molecule has 1 aromatic rings. The Bertz CT molecular complexity index is 465. The molecular weight excluding hydrogens is 218 g/mol. The van der Waals surface area contributed by atoms with E-state index in [2.05, 4.69) is 10.0 Å². The van der Waals surface area contributed by atoms with Crippen LogP contribution in [0.4, 0.5) is 0 Å². The van der Waals surface area contributed by atoms with Gasteiger partial charge < -0.3 is 5.11 Å². The van der Waals surface area contributed by atoms with Crippen LogP contribution in [0.1, 0.15) is 35.6 Å². The molecule has 0 radical (unpaired) electrons. The van der Waals surface area contributed by atoms with Crippen molar-refractivity contribution in [1.29, 1.82) is 0 Å². The fourth-order valence-corrected chi connectivity index (χ4v) is 1.80. The van der Waals surface area contributed by atoms with E-state index in [9.17, 15) is 4.79 Å². The zero-order chi connectivity index (χ0) is 12.8. The van der Waals surface area contributed by atoms with Crippen LogP contribution < -0.4 is 0 Å². The summed E-state index contributed by atoms with van der Waals surface area (Å²) in [5, 5.41) is 12.3. The second kappa shape index (κ2) is 5.92. The van der Waals surface area contributed by atoms with Crippen molar-refractivity contribution in [2.75, 3.05) is 0 Å². The first-order valence-electron chi connectivity index (χ1n) is 5.37. The predicted molar refractivity (Wildman–Crippen MR) is 64.7 cm³/mol. The summed E-state index contributed by atoms with van der Waals surface area (Å²) in [7, 11) is 0. The van der Waals surface area contributed by atoms with Gasteiger partial charge in [0.25, 0.3) is 0 Å². The molecule has 1 unspecified atom stereocenters. The molecule has 5 nitrogen and oxygen atoms in total. The van der Waals surface area contributed by atoms with Gasteiger partial charge >= 0.3 is 5.97 Å². The zero-order valence-corrected chi connectivity index (χ0v) is 9.92. The largest absolute Gasteiger partial charge is 0.481 e. The fraction of sp³-hybridized carbons (Fsp3) is 0.417. The first kappa shape index (κ1) is 13.1. The van der Waals surface area contributed by atoms with E-state index >= 15 is 0 Å². The van der Waals surface area contributed by atoms with Crippen LogP contribution in [0.2, 0.25) is 0 Å². The van der Waals surface area contributed by atoms with Crippen LogP contribution in [0.3, 0.4) is 0 Å². The smallest absolute Gasteiger partial charge is 0.303 e. The third-order valence-corrected chi connectivity index (χ3v) is 2.61. The van der Waals surface area contributed by atoms with Crippen molar-refractivity contribution in [3.05, 3.63) is 45.3 Å². The van der Waals surface area contributed by atoms with Gasteiger partial charge in [-0.2, -0.15) is 0 Å². The van der Waals surface area contributed by atoms with E-state index in [0.29, 0.717) is 6.42 Å². The van der Waals surface area contributed by atoms with E-state index in [1.165, 1.54) is 0 Å². The summed E-state index contributed by atoms with van der Waals surface area (Å²) < 4.78 is 0. The number of aliphatic carboxylic acids is 1. The normalized spacial score (nSPS) is 11.6. The van der Waals surface area contributed by atoms with Gasteiger partial charge in [-0.05, 0) is 36.9 Å². The lowest BCUT2D eigenvalue weighted by Crippen LogP contribution is -2.02. The number of hydrogen-bond acceptors (Lipinski definition) is 2. The molecule has 0 aromatic heterocycles. The van der Waals surface area contributed by atoms with Gasteiger partial charge in [0.05, 0.1) is 6.04 Å². The molecule has 1 atom stereocenters. The topological polar surface area (TPSA) is 86.1 Å². The number of nitrogens with zero attached hydrogens (tertiary/aromatic N) is 3. The van der Waals surface area contributed by atoms with E-state index in [4.69, 9.17) is 10.6 Å². The second-order valence-corrected chi connectivity index (χ2v) is 4.01. The molecular formula is C12H15N3O2. The van der Waals surface area contributed by atoms with E-state index in [1.54, 1.807) is 0 Å². The van der Waals surface area contributed by atoms with E-state index in [1.807, 2.05) is 32.0 Å². The number of carbonyl (C=O) groups is 1. The third kappa shape index (κ3) is 3.81. The summed E-state index contributed by atoms with van der Waals surface area (Å²) in [6.07, 6.45) is 0.320. The van der Waals surface area contributed by atoms with Crippen LogP contribution in [0, 0.1) is 13.8 Å². The van der Waals surface area contributed by atoms with Gasteiger partial charge in [0, 0.05) is 11.3 Å². The van der Waals surface area contributed by atoms with Gasteiger partial charge in [0.1, 0.15) is 0 Å². The number of hydrogen-bond donors (Lipinski definition) is 1. The molecule has 5 heteroatoms. The molecule has 0 fully saturated rings. The van der Waals surface area contributed by atoms with Crippen molar-refractivity contribution in [2.45, 2.75) is 32.7 Å². The summed E-state index contributed by atoms with van der Waals surface area (Å²) in [5.74, 6) is -0.882. The SMILES string of the molecule is Cc1ccc(C(CCC(=O)O)N=[N+]=[N-])c(C)c1. The third-order valence-electron chi connectivity index (χ3n) is 2.61. The molecule has 0 aliphatic heterocycles. The van der Waals surface area contributed by atoms with Crippen molar-refractivity contribution in [3.63, 3.8) is 0 Å². The highest BCUT2D eigenvalue weighted by Crippen LogP contribution is 2.26. The summed E-state index contributed by atoms with van der Waals surface area (Å²) in [5.41, 5.74) is 11.6. The molecule has 0 aliphatic rings. The highest BCUT2D eigenvalue weighted by Gasteiger charge is 2.13. The molecule has 0 saturated heterocycles. The van der Waals surface area contributed by atoms with Crippen LogP contribution >= 0.6 is 0 Å². The van der Waals surface area contributed by atoms with Gasteiger partial charge in [0.2, 0.25) is 0 Å². The van der Waals surface area contributed by atoms with Crippen molar-refractivity contribution >= 4 is 5.97 Å². The minimum atomic E-state index is -0.882. The quantitative estimate of drug-likeness (QED) is 0.479. The molecule has 0 heterocycles. The van der Waals surface area contributed by atoms with E-state index in [0.717, 1.165) is 16.7 Å². The Labute approximate surface area is 99.7 Å². The number of rotatable bonds is 5. The maximum Gasteiger partial charge on any atom is 0.303 e. The number of benzene rings is 1. The van der Waals surface area contributed by atoms with Crippen LogP contribution in [0.5, 0.6) is 0 Å². The first-order chi connectivity index (χ1) is 8.04. The maximum absolute atomic E-state index is 10.5. The summed E-state index contributed by atoms with van der Waals surface area (Å²) in [6, 6.07) is 5.42.